The van der Waals surface area contributed by atoms with Gasteiger partial charge in [0, 0.05) is 5.75 Å². The van der Waals surface area contributed by atoms with Crippen LogP contribution in [0.5, 0.6) is 0 Å². The number of benzene rings is 1. The highest BCUT2D eigenvalue weighted by molar-refractivity contribution is 7.99. The third-order valence-corrected chi connectivity index (χ3v) is 7.19. The van der Waals surface area contributed by atoms with E-state index in [9.17, 15) is 13.7 Å². The van der Waals surface area contributed by atoms with Gasteiger partial charge in [0.1, 0.15) is 5.54 Å². The van der Waals surface area contributed by atoms with Crippen molar-refractivity contribution in [2.75, 3.05) is 11.5 Å². The Morgan fingerprint density at radius 3 is 2.22 bits per heavy atom. The van der Waals surface area contributed by atoms with Gasteiger partial charge in [-0.1, -0.05) is 32.9 Å². The topological polar surface area (TPSA) is 70.0 Å². The predicted octanol–water partition coefficient (Wildman–Crippen LogP) is 3.28. The summed E-state index contributed by atoms with van der Waals surface area (Å²) >= 11 is 1.61. The van der Waals surface area contributed by atoms with Crippen LogP contribution in [0, 0.1) is 25.2 Å². The first kappa shape index (κ1) is 18.3. The molecule has 6 heteroatoms. The second kappa shape index (κ2) is 6.12. The summed E-state index contributed by atoms with van der Waals surface area (Å²) in [5, 5.41) is 9.43. The fourth-order valence-corrected chi connectivity index (χ4v) is 6.03. The van der Waals surface area contributed by atoms with E-state index in [4.69, 9.17) is 0 Å². The molecule has 0 spiro atoms. The average molecular weight is 353 g/mol. The fourth-order valence-electron chi connectivity index (χ4n) is 2.87. The maximum absolute atomic E-state index is 12.9. The minimum absolute atomic E-state index is 0.0405. The maximum Gasteiger partial charge on any atom is 0.242 e. The van der Waals surface area contributed by atoms with Gasteiger partial charge in [0.05, 0.1) is 11.0 Å². The molecule has 23 heavy (non-hydrogen) atoms. The van der Waals surface area contributed by atoms with Crippen LogP contribution in [0.3, 0.4) is 0 Å². The zero-order valence-electron chi connectivity index (χ0n) is 14.4. The summed E-state index contributed by atoms with van der Waals surface area (Å²) in [5.74, 6) is 1.30. The first-order valence-corrected chi connectivity index (χ1v) is 10.3. The van der Waals surface area contributed by atoms with Crippen molar-refractivity contribution in [1.82, 2.24) is 4.72 Å². The van der Waals surface area contributed by atoms with E-state index in [2.05, 4.69) is 31.6 Å². The van der Waals surface area contributed by atoms with Gasteiger partial charge >= 0.3 is 0 Å². The van der Waals surface area contributed by atoms with E-state index in [0.29, 0.717) is 17.1 Å². The summed E-state index contributed by atoms with van der Waals surface area (Å²) < 4.78 is 28.4. The van der Waals surface area contributed by atoms with Gasteiger partial charge in [-0.25, -0.2) is 8.42 Å². The van der Waals surface area contributed by atoms with Gasteiger partial charge in [-0.2, -0.15) is 21.7 Å². The molecule has 1 fully saturated rings. The monoisotopic (exact) mass is 352 g/mol. The van der Waals surface area contributed by atoms with Gasteiger partial charge in [-0.3, -0.25) is 0 Å². The van der Waals surface area contributed by atoms with E-state index in [-0.39, 0.29) is 5.41 Å². The van der Waals surface area contributed by atoms with Crippen LogP contribution in [-0.2, 0) is 15.4 Å². The summed E-state index contributed by atoms with van der Waals surface area (Å²) in [7, 11) is -3.72. The van der Waals surface area contributed by atoms with Crippen molar-refractivity contribution in [2.45, 2.75) is 56.9 Å². The highest BCUT2D eigenvalue weighted by Crippen LogP contribution is 2.32. The number of sulfonamides is 1. The Bertz CT molecular complexity index is 727. The molecule has 1 aromatic rings. The van der Waals surface area contributed by atoms with Crippen LogP contribution < -0.4 is 4.72 Å². The SMILES string of the molecule is Cc1cc(C(C)(C)C)cc(C)c1S(=O)(=O)N[C@@]1(C#N)CCSC1. The maximum atomic E-state index is 12.9. The fraction of sp³-hybridized carbons (Fsp3) is 0.588. The minimum atomic E-state index is -3.72. The Morgan fingerprint density at radius 1 is 1.26 bits per heavy atom. The van der Waals surface area contributed by atoms with Crippen molar-refractivity contribution < 1.29 is 8.42 Å². The number of rotatable bonds is 3. The molecule has 1 N–H and O–H groups in total. The van der Waals surface area contributed by atoms with E-state index in [0.717, 1.165) is 22.4 Å². The quantitative estimate of drug-likeness (QED) is 0.906. The highest BCUT2D eigenvalue weighted by atomic mass is 32.2. The summed E-state index contributed by atoms with van der Waals surface area (Å²) in [6, 6.07) is 6.04. The molecule has 0 aromatic heterocycles. The van der Waals surface area contributed by atoms with Gasteiger partial charge < -0.3 is 0 Å². The number of nitrogens with zero attached hydrogens (tertiary/aromatic N) is 1. The normalized spacial score (nSPS) is 22.1. The van der Waals surface area contributed by atoms with Crippen LogP contribution in [-0.4, -0.2) is 25.5 Å². The molecule has 0 amide bonds. The molecule has 1 aromatic carbocycles. The van der Waals surface area contributed by atoms with Gasteiger partial charge in [0.2, 0.25) is 10.0 Å². The number of nitrogens with one attached hydrogen (secondary N) is 1. The average Bonchev–Trinajstić information content (AvgIpc) is 2.84. The molecule has 4 nitrogen and oxygen atoms in total. The molecular formula is C17H24N2O2S2. The van der Waals surface area contributed by atoms with E-state index in [1.165, 1.54) is 0 Å². The van der Waals surface area contributed by atoms with Crippen molar-refractivity contribution in [2.24, 2.45) is 0 Å². The van der Waals surface area contributed by atoms with Crippen molar-refractivity contribution in [3.63, 3.8) is 0 Å². The van der Waals surface area contributed by atoms with Crippen LogP contribution >= 0.6 is 11.8 Å². The second-order valence-corrected chi connectivity index (χ2v) is 10.0. The van der Waals surface area contributed by atoms with E-state index >= 15 is 0 Å². The van der Waals surface area contributed by atoms with Crippen LogP contribution in [0.25, 0.3) is 0 Å². The van der Waals surface area contributed by atoms with Crippen LogP contribution in [0.15, 0.2) is 17.0 Å². The largest absolute Gasteiger partial charge is 0.242 e. The molecule has 126 valence electrons. The Morgan fingerprint density at radius 2 is 1.83 bits per heavy atom. The molecule has 0 unspecified atom stereocenters. The third-order valence-electron chi connectivity index (χ3n) is 4.16. The van der Waals surface area contributed by atoms with Gasteiger partial charge in [-0.15, -0.1) is 0 Å². The van der Waals surface area contributed by atoms with Crippen LogP contribution in [0.4, 0.5) is 0 Å². The summed E-state index contributed by atoms with van der Waals surface area (Å²) in [6.07, 6.45) is 0.547. The Kier molecular flexibility index (Phi) is 4.87. The molecule has 0 aliphatic carbocycles. The lowest BCUT2D eigenvalue weighted by Gasteiger charge is -2.25. The minimum Gasteiger partial charge on any atom is -0.207 e. The lowest BCUT2D eigenvalue weighted by Crippen LogP contribution is -2.47. The molecule has 1 aliphatic heterocycles. The number of nitriles is 1. The van der Waals surface area contributed by atoms with Gasteiger partial charge in [-0.05, 0) is 48.1 Å². The summed E-state index contributed by atoms with van der Waals surface area (Å²) in [5.41, 5.74) is 1.53. The predicted molar refractivity (Wildman–Crippen MR) is 95.2 cm³/mol. The third kappa shape index (κ3) is 3.73. The van der Waals surface area contributed by atoms with Crippen LogP contribution in [0.2, 0.25) is 0 Å². The summed E-state index contributed by atoms with van der Waals surface area (Å²) in [6.45, 7) is 9.95. The van der Waals surface area contributed by atoms with Crippen molar-refractivity contribution in [3.8, 4) is 6.07 Å². The summed E-state index contributed by atoms with van der Waals surface area (Å²) in [4.78, 5) is 0.303. The highest BCUT2D eigenvalue weighted by Gasteiger charge is 2.39. The Labute approximate surface area is 143 Å². The van der Waals surface area contributed by atoms with Crippen LogP contribution in [0.1, 0.15) is 43.9 Å². The molecule has 1 atom stereocenters. The molecule has 1 heterocycles. The molecular weight excluding hydrogens is 328 g/mol. The number of hydrogen-bond acceptors (Lipinski definition) is 4. The van der Waals surface area contributed by atoms with E-state index < -0.39 is 15.6 Å². The molecule has 0 bridgehead atoms. The number of thioether (sulfide) groups is 1. The molecule has 2 rings (SSSR count). The molecule has 1 aliphatic rings. The van der Waals surface area contributed by atoms with Crippen molar-refractivity contribution in [1.29, 1.82) is 5.26 Å². The molecule has 0 saturated carbocycles. The lowest BCUT2D eigenvalue weighted by atomic mass is 9.85. The zero-order chi connectivity index (χ0) is 17.5. The van der Waals surface area contributed by atoms with E-state index in [1.54, 1.807) is 11.8 Å². The van der Waals surface area contributed by atoms with E-state index in [1.807, 2.05) is 26.0 Å². The lowest BCUT2D eigenvalue weighted by molar-refractivity contribution is 0.514. The van der Waals surface area contributed by atoms with Crippen molar-refractivity contribution in [3.05, 3.63) is 28.8 Å². The zero-order valence-corrected chi connectivity index (χ0v) is 16.0. The van der Waals surface area contributed by atoms with Gasteiger partial charge in [0.25, 0.3) is 0 Å². The molecule has 1 saturated heterocycles. The molecule has 0 radical (unpaired) electrons. The second-order valence-electron chi connectivity index (χ2n) is 7.29. The Balaban J connectivity index is 2.47. The smallest absolute Gasteiger partial charge is 0.207 e. The standard InChI is InChI=1S/C17H24N2O2S2/c1-12-8-14(16(3,4)5)9-13(2)15(12)23(20,21)19-17(10-18)6-7-22-11-17/h8-9,19H,6-7,11H2,1-5H3/t17-/m1/s1. The Hall–Kier alpha value is -1.03. The first-order valence-electron chi connectivity index (χ1n) is 7.65. The van der Waals surface area contributed by atoms with Crippen molar-refractivity contribution >= 4 is 21.8 Å². The number of hydrogen-bond donors (Lipinski definition) is 1. The first-order chi connectivity index (χ1) is 10.5. The van der Waals surface area contributed by atoms with Gasteiger partial charge in [0.15, 0.2) is 0 Å². The number of aryl methyl sites for hydroxylation is 2.